The molecule has 1 aromatic carbocycles. The lowest BCUT2D eigenvalue weighted by atomic mass is 10.1. The molecule has 0 aromatic heterocycles. The predicted molar refractivity (Wildman–Crippen MR) is 52.3 cm³/mol. The van der Waals surface area contributed by atoms with Gasteiger partial charge in [-0.05, 0) is 12.6 Å². The number of likely N-dealkylation sites (N-methyl/N-ethyl adjacent to an activating group) is 2. The zero-order chi connectivity index (χ0) is 9.68. The first kappa shape index (κ1) is 9.74. The van der Waals surface area contributed by atoms with E-state index in [1.807, 2.05) is 30.3 Å². The Balaban J connectivity index is 2.85. The van der Waals surface area contributed by atoms with Gasteiger partial charge in [0.2, 0.25) is 5.91 Å². The van der Waals surface area contributed by atoms with Crippen LogP contribution in [0.3, 0.4) is 0 Å². The molecule has 13 heavy (non-hydrogen) atoms. The average Bonchev–Trinajstić information content (AvgIpc) is 2.20. The average molecular weight is 178 g/mol. The van der Waals surface area contributed by atoms with Crippen LogP contribution in [0.1, 0.15) is 11.6 Å². The molecule has 0 radical (unpaired) electrons. The molecule has 0 unspecified atom stereocenters. The smallest absolute Gasteiger partial charge is 0.241 e. The molecule has 0 bridgehead atoms. The molecule has 1 amide bonds. The van der Waals surface area contributed by atoms with Crippen molar-refractivity contribution in [3.63, 3.8) is 0 Å². The van der Waals surface area contributed by atoms with Gasteiger partial charge >= 0.3 is 0 Å². The first-order valence-electron chi connectivity index (χ1n) is 4.23. The molecule has 0 saturated heterocycles. The van der Waals surface area contributed by atoms with Gasteiger partial charge in [0, 0.05) is 7.05 Å². The van der Waals surface area contributed by atoms with Gasteiger partial charge in [0.15, 0.2) is 0 Å². The summed E-state index contributed by atoms with van der Waals surface area (Å²) in [6.45, 7) is 0. The minimum absolute atomic E-state index is 0.0197. The highest BCUT2D eigenvalue weighted by atomic mass is 16.2. The summed E-state index contributed by atoms with van der Waals surface area (Å²) >= 11 is 0. The fourth-order valence-electron chi connectivity index (χ4n) is 1.24. The Bertz CT molecular complexity index is 272. The molecule has 0 aliphatic heterocycles. The molecule has 0 aliphatic rings. The molecule has 0 fully saturated rings. The maximum Gasteiger partial charge on any atom is 0.241 e. The lowest BCUT2D eigenvalue weighted by Gasteiger charge is -2.14. The van der Waals surface area contributed by atoms with Crippen LogP contribution >= 0.6 is 0 Å². The summed E-state index contributed by atoms with van der Waals surface area (Å²) in [7, 11) is 3.41. The predicted octanol–water partition coefficient (Wildman–Crippen LogP) is 0.693. The van der Waals surface area contributed by atoms with E-state index >= 15 is 0 Å². The summed E-state index contributed by atoms with van der Waals surface area (Å²) in [4.78, 5) is 11.4. The minimum Gasteiger partial charge on any atom is -0.358 e. The molecule has 0 aliphatic carbocycles. The second-order valence-corrected chi connectivity index (χ2v) is 2.75. The lowest BCUT2D eigenvalue weighted by molar-refractivity contribution is -0.122. The van der Waals surface area contributed by atoms with Crippen molar-refractivity contribution in [2.45, 2.75) is 6.04 Å². The Morgan fingerprint density at radius 2 is 1.85 bits per heavy atom. The maximum absolute atomic E-state index is 11.4. The summed E-state index contributed by atoms with van der Waals surface area (Å²) < 4.78 is 0. The standard InChI is InChI=1S/C10H14N2O/c1-11-9(10(13)12-2)8-6-4-3-5-7-8/h3-7,9,11H,1-2H3,(H,12,13)/t9-/m0/s1. The van der Waals surface area contributed by atoms with E-state index in [9.17, 15) is 4.79 Å². The van der Waals surface area contributed by atoms with Crippen molar-refractivity contribution in [1.29, 1.82) is 0 Å². The topological polar surface area (TPSA) is 41.1 Å². The molecule has 1 rings (SSSR count). The van der Waals surface area contributed by atoms with Gasteiger partial charge in [-0.1, -0.05) is 30.3 Å². The highest BCUT2D eigenvalue weighted by Crippen LogP contribution is 2.11. The van der Waals surface area contributed by atoms with E-state index in [-0.39, 0.29) is 11.9 Å². The van der Waals surface area contributed by atoms with E-state index in [1.165, 1.54) is 0 Å². The van der Waals surface area contributed by atoms with Gasteiger partial charge in [-0.15, -0.1) is 0 Å². The van der Waals surface area contributed by atoms with Crippen molar-refractivity contribution in [3.8, 4) is 0 Å². The van der Waals surface area contributed by atoms with E-state index in [2.05, 4.69) is 10.6 Å². The van der Waals surface area contributed by atoms with Crippen LogP contribution in [-0.2, 0) is 4.79 Å². The second kappa shape index (κ2) is 4.62. The largest absolute Gasteiger partial charge is 0.358 e. The van der Waals surface area contributed by atoms with Gasteiger partial charge in [0.1, 0.15) is 6.04 Å². The van der Waals surface area contributed by atoms with Crippen LogP contribution in [0, 0.1) is 0 Å². The number of carbonyl (C=O) groups excluding carboxylic acids is 1. The van der Waals surface area contributed by atoms with Gasteiger partial charge in [-0.25, -0.2) is 0 Å². The first-order chi connectivity index (χ1) is 6.29. The lowest BCUT2D eigenvalue weighted by Crippen LogP contribution is -2.33. The molecule has 3 heteroatoms. The fraction of sp³-hybridized carbons (Fsp3) is 0.300. The van der Waals surface area contributed by atoms with E-state index in [1.54, 1.807) is 14.1 Å². The first-order valence-corrected chi connectivity index (χ1v) is 4.23. The van der Waals surface area contributed by atoms with Gasteiger partial charge in [-0.3, -0.25) is 4.79 Å². The third kappa shape index (κ3) is 2.29. The SMILES string of the molecule is CNC(=O)[C@@H](NC)c1ccccc1. The highest BCUT2D eigenvalue weighted by molar-refractivity contribution is 5.82. The fourth-order valence-corrected chi connectivity index (χ4v) is 1.24. The van der Waals surface area contributed by atoms with Crippen molar-refractivity contribution in [3.05, 3.63) is 35.9 Å². The Labute approximate surface area is 78.2 Å². The van der Waals surface area contributed by atoms with Crippen LogP contribution in [0.15, 0.2) is 30.3 Å². The van der Waals surface area contributed by atoms with Crippen molar-refractivity contribution >= 4 is 5.91 Å². The van der Waals surface area contributed by atoms with Crippen LogP contribution < -0.4 is 10.6 Å². The molecule has 1 aromatic rings. The Morgan fingerprint density at radius 1 is 1.23 bits per heavy atom. The van der Waals surface area contributed by atoms with Crippen LogP contribution in [0.25, 0.3) is 0 Å². The van der Waals surface area contributed by atoms with Crippen LogP contribution in [0.4, 0.5) is 0 Å². The van der Waals surface area contributed by atoms with Crippen LogP contribution in [-0.4, -0.2) is 20.0 Å². The van der Waals surface area contributed by atoms with Crippen molar-refractivity contribution in [2.24, 2.45) is 0 Å². The zero-order valence-corrected chi connectivity index (χ0v) is 7.87. The van der Waals surface area contributed by atoms with E-state index in [0.717, 1.165) is 5.56 Å². The van der Waals surface area contributed by atoms with Gasteiger partial charge in [0.05, 0.1) is 0 Å². The summed E-state index contributed by atoms with van der Waals surface area (Å²) in [5, 5.41) is 5.57. The van der Waals surface area contributed by atoms with Gasteiger partial charge in [-0.2, -0.15) is 0 Å². The Kier molecular flexibility index (Phi) is 3.46. The number of hydrogen-bond acceptors (Lipinski definition) is 2. The molecule has 70 valence electrons. The summed E-state index contributed by atoms with van der Waals surface area (Å²) in [5.41, 5.74) is 0.976. The minimum atomic E-state index is -0.258. The normalized spacial score (nSPS) is 12.2. The molecule has 0 spiro atoms. The monoisotopic (exact) mass is 178 g/mol. The van der Waals surface area contributed by atoms with E-state index in [4.69, 9.17) is 0 Å². The van der Waals surface area contributed by atoms with Crippen molar-refractivity contribution in [2.75, 3.05) is 14.1 Å². The zero-order valence-electron chi connectivity index (χ0n) is 7.87. The quantitative estimate of drug-likeness (QED) is 0.715. The highest BCUT2D eigenvalue weighted by Gasteiger charge is 2.15. The summed E-state index contributed by atoms with van der Waals surface area (Å²) in [6, 6.07) is 9.36. The number of carbonyl (C=O) groups is 1. The second-order valence-electron chi connectivity index (χ2n) is 2.75. The molecule has 0 saturated carbocycles. The van der Waals surface area contributed by atoms with Crippen molar-refractivity contribution in [1.82, 2.24) is 10.6 Å². The summed E-state index contributed by atoms with van der Waals surface area (Å²) in [5.74, 6) is -0.0197. The number of benzene rings is 1. The molecule has 2 N–H and O–H groups in total. The number of nitrogens with one attached hydrogen (secondary N) is 2. The molecular weight excluding hydrogens is 164 g/mol. The third-order valence-corrected chi connectivity index (χ3v) is 1.93. The number of hydrogen-bond donors (Lipinski definition) is 2. The maximum atomic E-state index is 11.4. The van der Waals surface area contributed by atoms with E-state index < -0.39 is 0 Å². The summed E-state index contributed by atoms with van der Waals surface area (Å²) in [6.07, 6.45) is 0. The van der Waals surface area contributed by atoms with Crippen LogP contribution in [0.2, 0.25) is 0 Å². The van der Waals surface area contributed by atoms with E-state index in [0.29, 0.717) is 0 Å². The molecule has 3 nitrogen and oxygen atoms in total. The third-order valence-electron chi connectivity index (χ3n) is 1.93. The van der Waals surface area contributed by atoms with Crippen molar-refractivity contribution < 1.29 is 4.79 Å². The molecule has 1 atom stereocenters. The molecular formula is C10H14N2O. The Hall–Kier alpha value is -1.35. The number of rotatable bonds is 3. The van der Waals surface area contributed by atoms with Gasteiger partial charge in [0.25, 0.3) is 0 Å². The number of amides is 1. The van der Waals surface area contributed by atoms with Gasteiger partial charge < -0.3 is 10.6 Å². The Morgan fingerprint density at radius 3 is 2.31 bits per heavy atom. The van der Waals surface area contributed by atoms with Crippen LogP contribution in [0.5, 0.6) is 0 Å². The molecule has 0 heterocycles.